The average Bonchev–Trinajstić information content (AvgIpc) is 2.98. The van der Waals surface area contributed by atoms with Crippen LogP contribution in [0.25, 0.3) is 11.1 Å². The van der Waals surface area contributed by atoms with Crippen LogP contribution in [0, 0.1) is 5.92 Å². The zero-order chi connectivity index (χ0) is 12.7. The average molecular weight is 246 g/mol. The summed E-state index contributed by atoms with van der Waals surface area (Å²) in [6.45, 7) is 1.62. The van der Waals surface area contributed by atoms with Gasteiger partial charge in [0.2, 0.25) is 0 Å². The van der Waals surface area contributed by atoms with E-state index in [0.717, 1.165) is 19.5 Å². The van der Waals surface area contributed by atoms with Crippen molar-refractivity contribution >= 4 is 16.9 Å². The molecule has 18 heavy (non-hydrogen) atoms. The van der Waals surface area contributed by atoms with Gasteiger partial charge in [-0.2, -0.15) is 0 Å². The van der Waals surface area contributed by atoms with Gasteiger partial charge in [0.25, 0.3) is 0 Å². The minimum Gasteiger partial charge on any atom is -0.408 e. The molecular formula is C13H14N2O3. The molecule has 0 amide bonds. The van der Waals surface area contributed by atoms with E-state index in [4.69, 9.17) is 4.42 Å². The third-order valence-electron chi connectivity index (χ3n) is 3.51. The molecule has 1 aromatic heterocycles. The summed E-state index contributed by atoms with van der Waals surface area (Å²) >= 11 is 0. The number of fused-ring (bicyclic) bond motifs is 1. The summed E-state index contributed by atoms with van der Waals surface area (Å²) in [6, 6.07) is 5.19. The highest BCUT2D eigenvalue weighted by atomic mass is 16.4. The second-order valence-electron chi connectivity index (χ2n) is 4.66. The van der Waals surface area contributed by atoms with Gasteiger partial charge >= 0.3 is 5.76 Å². The molecule has 5 heteroatoms. The lowest BCUT2D eigenvalue weighted by atomic mass is 9.97. The van der Waals surface area contributed by atoms with Crippen molar-refractivity contribution in [1.82, 2.24) is 9.88 Å². The first-order valence-electron chi connectivity index (χ1n) is 6.01. The highest BCUT2D eigenvalue weighted by molar-refractivity contribution is 6.00. The van der Waals surface area contributed by atoms with Crippen molar-refractivity contribution in [1.29, 1.82) is 0 Å². The Balaban J connectivity index is 2.02. The number of rotatable bonds is 2. The van der Waals surface area contributed by atoms with Crippen LogP contribution >= 0.6 is 0 Å². The summed E-state index contributed by atoms with van der Waals surface area (Å²) < 4.78 is 6.52. The minimum absolute atomic E-state index is 0.0397. The van der Waals surface area contributed by atoms with Crippen LogP contribution in [-0.2, 0) is 7.05 Å². The van der Waals surface area contributed by atoms with Gasteiger partial charge in [0.05, 0.1) is 5.52 Å². The van der Waals surface area contributed by atoms with Crippen molar-refractivity contribution in [2.75, 3.05) is 13.1 Å². The Hall–Kier alpha value is -1.88. The number of hydrogen-bond acceptors (Lipinski definition) is 4. The standard InChI is InChI=1S/C13H14N2O3/c1-15-10-3-2-8(6-11(10)18-13(15)17)12(16)9-4-5-14-7-9/h2-3,6,9,14H,4-5,7H2,1H3. The van der Waals surface area contributed by atoms with Crippen LogP contribution in [-0.4, -0.2) is 23.4 Å². The van der Waals surface area contributed by atoms with Crippen LogP contribution < -0.4 is 11.1 Å². The molecule has 5 nitrogen and oxygen atoms in total. The van der Waals surface area contributed by atoms with E-state index in [0.29, 0.717) is 16.7 Å². The molecule has 1 saturated heterocycles. The summed E-state index contributed by atoms with van der Waals surface area (Å²) in [5, 5.41) is 3.18. The number of hydrogen-bond donors (Lipinski definition) is 1. The zero-order valence-electron chi connectivity index (χ0n) is 10.1. The number of ketones is 1. The molecule has 1 aliphatic rings. The monoisotopic (exact) mass is 246 g/mol. The van der Waals surface area contributed by atoms with Crippen LogP contribution in [0.15, 0.2) is 27.4 Å². The second kappa shape index (κ2) is 4.10. The van der Waals surface area contributed by atoms with Crippen molar-refractivity contribution in [3.05, 3.63) is 34.3 Å². The molecule has 0 bridgehead atoms. The number of nitrogens with zero attached hydrogens (tertiary/aromatic N) is 1. The van der Waals surface area contributed by atoms with E-state index in [1.54, 1.807) is 25.2 Å². The maximum Gasteiger partial charge on any atom is 0.419 e. The molecule has 2 aromatic rings. The van der Waals surface area contributed by atoms with E-state index in [1.807, 2.05) is 0 Å². The maximum atomic E-state index is 12.2. The summed E-state index contributed by atoms with van der Waals surface area (Å²) in [7, 11) is 1.65. The largest absolute Gasteiger partial charge is 0.419 e. The lowest BCUT2D eigenvalue weighted by Crippen LogP contribution is -2.17. The predicted molar refractivity (Wildman–Crippen MR) is 66.8 cm³/mol. The van der Waals surface area contributed by atoms with Crippen LogP contribution in [0.2, 0.25) is 0 Å². The first kappa shape index (κ1) is 11.2. The molecule has 2 heterocycles. The van der Waals surface area contributed by atoms with Crippen molar-refractivity contribution < 1.29 is 9.21 Å². The zero-order valence-corrected chi connectivity index (χ0v) is 10.1. The molecule has 1 N–H and O–H groups in total. The van der Waals surface area contributed by atoms with Gasteiger partial charge in [-0.25, -0.2) is 4.79 Å². The Morgan fingerprint density at radius 1 is 1.50 bits per heavy atom. The van der Waals surface area contributed by atoms with Crippen molar-refractivity contribution in [2.45, 2.75) is 6.42 Å². The fraction of sp³-hybridized carbons (Fsp3) is 0.385. The number of benzene rings is 1. The van der Waals surface area contributed by atoms with Crippen molar-refractivity contribution in [2.24, 2.45) is 13.0 Å². The van der Waals surface area contributed by atoms with Gasteiger partial charge in [-0.1, -0.05) is 0 Å². The van der Waals surface area contributed by atoms with E-state index in [-0.39, 0.29) is 11.7 Å². The van der Waals surface area contributed by atoms with Gasteiger partial charge in [-0.15, -0.1) is 0 Å². The lowest BCUT2D eigenvalue weighted by Gasteiger charge is -2.06. The summed E-state index contributed by atoms with van der Waals surface area (Å²) in [5.74, 6) is -0.247. The molecule has 1 aromatic carbocycles. The SMILES string of the molecule is Cn1c(=O)oc2cc(C(=O)C3CCNC3)ccc21. The van der Waals surface area contributed by atoms with Gasteiger partial charge < -0.3 is 9.73 Å². The van der Waals surface area contributed by atoms with Gasteiger partial charge in [-0.05, 0) is 31.2 Å². The molecule has 0 spiro atoms. The van der Waals surface area contributed by atoms with E-state index in [9.17, 15) is 9.59 Å². The molecule has 0 saturated carbocycles. The van der Waals surface area contributed by atoms with E-state index in [2.05, 4.69) is 5.32 Å². The van der Waals surface area contributed by atoms with Crippen molar-refractivity contribution in [3.63, 3.8) is 0 Å². The first-order valence-corrected chi connectivity index (χ1v) is 6.01. The number of aryl methyl sites for hydroxylation is 1. The molecular weight excluding hydrogens is 232 g/mol. The Kier molecular flexibility index (Phi) is 2.56. The van der Waals surface area contributed by atoms with Gasteiger partial charge in [-0.3, -0.25) is 9.36 Å². The number of Topliss-reactive ketones (excluding diaryl/α,β-unsaturated/α-hetero) is 1. The molecule has 94 valence electrons. The van der Waals surface area contributed by atoms with Crippen LogP contribution in [0.4, 0.5) is 0 Å². The van der Waals surface area contributed by atoms with Gasteiger partial charge in [0.15, 0.2) is 11.4 Å². The Morgan fingerprint density at radius 2 is 2.33 bits per heavy atom. The highest BCUT2D eigenvalue weighted by Gasteiger charge is 2.24. The maximum absolute atomic E-state index is 12.2. The smallest absolute Gasteiger partial charge is 0.408 e. The minimum atomic E-state index is -0.405. The normalized spacial score (nSPS) is 19.5. The molecule has 0 radical (unpaired) electrons. The molecule has 1 fully saturated rings. The Bertz CT molecular complexity index is 662. The number of nitrogens with one attached hydrogen (secondary N) is 1. The number of oxazole rings is 1. The second-order valence-corrected chi connectivity index (χ2v) is 4.66. The fourth-order valence-corrected chi connectivity index (χ4v) is 2.40. The van der Waals surface area contributed by atoms with E-state index in [1.165, 1.54) is 4.57 Å². The summed E-state index contributed by atoms with van der Waals surface area (Å²) in [4.78, 5) is 23.6. The van der Waals surface area contributed by atoms with Crippen LogP contribution in [0.3, 0.4) is 0 Å². The quantitative estimate of drug-likeness (QED) is 0.800. The molecule has 1 atom stereocenters. The number of carbonyl (C=O) groups is 1. The Labute approximate surface area is 103 Å². The fourth-order valence-electron chi connectivity index (χ4n) is 2.40. The van der Waals surface area contributed by atoms with Crippen LogP contribution in [0.5, 0.6) is 0 Å². The predicted octanol–water partition coefficient (Wildman–Crippen LogP) is 0.924. The van der Waals surface area contributed by atoms with E-state index < -0.39 is 5.76 Å². The number of aromatic nitrogens is 1. The van der Waals surface area contributed by atoms with Crippen LogP contribution in [0.1, 0.15) is 16.8 Å². The first-order chi connectivity index (χ1) is 8.66. The molecule has 3 rings (SSSR count). The highest BCUT2D eigenvalue weighted by Crippen LogP contribution is 2.19. The third-order valence-corrected chi connectivity index (χ3v) is 3.51. The van der Waals surface area contributed by atoms with Crippen molar-refractivity contribution in [3.8, 4) is 0 Å². The Morgan fingerprint density at radius 3 is 3.06 bits per heavy atom. The summed E-state index contributed by atoms with van der Waals surface area (Å²) in [6.07, 6.45) is 0.871. The third kappa shape index (κ3) is 1.67. The van der Waals surface area contributed by atoms with Gasteiger partial charge in [0.1, 0.15) is 0 Å². The molecule has 1 aliphatic heterocycles. The molecule has 0 aliphatic carbocycles. The van der Waals surface area contributed by atoms with Gasteiger partial charge in [0, 0.05) is 25.1 Å². The lowest BCUT2D eigenvalue weighted by molar-refractivity contribution is 0.0930. The molecule has 1 unspecified atom stereocenters. The number of carbonyl (C=O) groups excluding carboxylic acids is 1. The van der Waals surface area contributed by atoms with E-state index >= 15 is 0 Å². The summed E-state index contributed by atoms with van der Waals surface area (Å²) in [5.41, 5.74) is 1.80. The topological polar surface area (TPSA) is 64.2 Å².